The standard InChI is InChI=1S/C16H19N5O3/c22-15(12-21-5-1-4-17-16(21)23)19-11-13-2-3-14(18-10-13)20-6-8-24-9-7-20/h1-5,10H,6-9,11-12H2,(H,19,22). The molecule has 0 unspecified atom stereocenters. The molecular weight excluding hydrogens is 310 g/mol. The molecule has 2 aromatic rings. The van der Waals surface area contributed by atoms with E-state index in [1.165, 1.54) is 17.0 Å². The molecule has 126 valence electrons. The number of nitrogens with zero attached hydrogens (tertiary/aromatic N) is 4. The molecule has 0 spiro atoms. The van der Waals surface area contributed by atoms with Gasteiger partial charge in [0.15, 0.2) is 0 Å². The summed E-state index contributed by atoms with van der Waals surface area (Å²) in [5.41, 5.74) is 0.461. The number of amides is 1. The number of carbonyl (C=O) groups excluding carboxylic acids is 1. The molecule has 0 radical (unpaired) electrons. The monoisotopic (exact) mass is 329 g/mol. The van der Waals surface area contributed by atoms with E-state index in [4.69, 9.17) is 4.74 Å². The summed E-state index contributed by atoms with van der Waals surface area (Å²) < 4.78 is 6.58. The van der Waals surface area contributed by atoms with Crippen molar-refractivity contribution in [1.29, 1.82) is 0 Å². The van der Waals surface area contributed by atoms with Crippen LogP contribution in [-0.2, 0) is 22.6 Å². The molecule has 3 heterocycles. The SMILES string of the molecule is O=C(Cn1cccnc1=O)NCc1ccc(N2CCOCC2)nc1. The average molecular weight is 329 g/mol. The number of hydrogen-bond donors (Lipinski definition) is 1. The van der Waals surface area contributed by atoms with Crippen LogP contribution >= 0.6 is 0 Å². The van der Waals surface area contributed by atoms with Gasteiger partial charge in [0.1, 0.15) is 12.4 Å². The molecular formula is C16H19N5O3. The van der Waals surface area contributed by atoms with Crippen LogP contribution in [0.1, 0.15) is 5.56 Å². The largest absolute Gasteiger partial charge is 0.378 e. The summed E-state index contributed by atoms with van der Waals surface area (Å²) >= 11 is 0. The van der Waals surface area contributed by atoms with Gasteiger partial charge in [0.25, 0.3) is 0 Å². The summed E-state index contributed by atoms with van der Waals surface area (Å²) in [7, 11) is 0. The number of pyridine rings is 1. The molecule has 1 saturated heterocycles. The van der Waals surface area contributed by atoms with Crippen molar-refractivity contribution in [2.24, 2.45) is 0 Å². The van der Waals surface area contributed by atoms with Crippen LogP contribution in [0.5, 0.6) is 0 Å². The van der Waals surface area contributed by atoms with Gasteiger partial charge < -0.3 is 15.0 Å². The Labute approximate surface area is 139 Å². The smallest absolute Gasteiger partial charge is 0.347 e. The maximum Gasteiger partial charge on any atom is 0.347 e. The molecule has 3 rings (SSSR count). The maximum absolute atomic E-state index is 11.9. The fourth-order valence-corrected chi connectivity index (χ4v) is 2.42. The zero-order valence-electron chi connectivity index (χ0n) is 13.2. The van der Waals surface area contributed by atoms with Gasteiger partial charge >= 0.3 is 5.69 Å². The molecule has 8 heteroatoms. The van der Waals surface area contributed by atoms with Gasteiger partial charge in [-0.15, -0.1) is 0 Å². The van der Waals surface area contributed by atoms with E-state index in [0.717, 1.165) is 24.5 Å². The lowest BCUT2D eigenvalue weighted by Crippen LogP contribution is -2.36. The number of morpholine rings is 1. The Kier molecular flexibility index (Phi) is 5.17. The number of hydrogen-bond acceptors (Lipinski definition) is 6. The molecule has 0 atom stereocenters. The molecule has 24 heavy (non-hydrogen) atoms. The Hall–Kier alpha value is -2.74. The van der Waals surface area contributed by atoms with Crippen molar-refractivity contribution in [2.45, 2.75) is 13.1 Å². The van der Waals surface area contributed by atoms with Crippen LogP contribution in [0.25, 0.3) is 0 Å². The Morgan fingerprint density at radius 2 is 2.08 bits per heavy atom. The van der Waals surface area contributed by atoms with Gasteiger partial charge in [0.2, 0.25) is 5.91 Å². The molecule has 0 bridgehead atoms. The molecule has 0 aliphatic carbocycles. The van der Waals surface area contributed by atoms with E-state index in [-0.39, 0.29) is 12.5 Å². The lowest BCUT2D eigenvalue weighted by atomic mass is 10.2. The van der Waals surface area contributed by atoms with Crippen LogP contribution in [0.2, 0.25) is 0 Å². The van der Waals surface area contributed by atoms with Crippen molar-refractivity contribution in [1.82, 2.24) is 19.9 Å². The van der Waals surface area contributed by atoms with E-state index in [1.807, 2.05) is 12.1 Å². The second kappa shape index (κ2) is 7.69. The number of rotatable bonds is 5. The van der Waals surface area contributed by atoms with Crippen molar-refractivity contribution in [3.8, 4) is 0 Å². The molecule has 1 N–H and O–H groups in total. The molecule has 1 aliphatic rings. The van der Waals surface area contributed by atoms with Crippen LogP contribution in [-0.4, -0.2) is 46.7 Å². The Balaban J connectivity index is 1.52. The van der Waals surface area contributed by atoms with Crippen molar-refractivity contribution >= 4 is 11.7 Å². The third-order valence-electron chi connectivity index (χ3n) is 3.73. The fourth-order valence-electron chi connectivity index (χ4n) is 2.42. The minimum atomic E-state index is -0.441. The minimum Gasteiger partial charge on any atom is -0.378 e. The van der Waals surface area contributed by atoms with Gasteiger partial charge in [-0.05, 0) is 17.7 Å². The highest BCUT2D eigenvalue weighted by Crippen LogP contribution is 2.12. The zero-order valence-corrected chi connectivity index (χ0v) is 13.2. The van der Waals surface area contributed by atoms with E-state index in [0.29, 0.717) is 19.8 Å². The number of ether oxygens (including phenoxy) is 1. The number of anilines is 1. The first-order valence-corrected chi connectivity index (χ1v) is 7.78. The summed E-state index contributed by atoms with van der Waals surface area (Å²) in [5.74, 6) is 0.664. The van der Waals surface area contributed by atoms with Gasteiger partial charge in [0.05, 0.1) is 13.2 Å². The summed E-state index contributed by atoms with van der Waals surface area (Å²) in [6, 6.07) is 5.50. The lowest BCUT2D eigenvalue weighted by molar-refractivity contribution is -0.121. The molecule has 1 aliphatic heterocycles. The van der Waals surface area contributed by atoms with E-state index < -0.39 is 5.69 Å². The Bertz CT molecular complexity index is 738. The Morgan fingerprint density at radius 3 is 2.79 bits per heavy atom. The van der Waals surface area contributed by atoms with Crippen LogP contribution in [0.3, 0.4) is 0 Å². The quantitative estimate of drug-likeness (QED) is 0.816. The molecule has 1 amide bonds. The van der Waals surface area contributed by atoms with Gasteiger partial charge in [-0.25, -0.2) is 14.8 Å². The summed E-state index contributed by atoms with van der Waals surface area (Å²) in [4.78, 5) is 33.6. The van der Waals surface area contributed by atoms with Gasteiger partial charge in [0, 0.05) is 38.2 Å². The first-order chi connectivity index (χ1) is 11.7. The maximum atomic E-state index is 11.9. The van der Waals surface area contributed by atoms with Crippen LogP contribution < -0.4 is 15.9 Å². The topological polar surface area (TPSA) is 89.4 Å². The van der Waals surface area contributed by atoms with Crippen molar-refractivity contribution < 1.29 is 9.53 Å². The normalized spacial score (nSPS) is 14.4. The number of aromatic nitrogens is 3. The second-order valence-electron chi connectivity index (χ2n) is 5.43. The third kappa shape index (κ3) is 4.17. The van der Waals surface area contributed by atoms with Gasteiger partial charge in [-0.1, -0.05) is 6.07 Å². The van der Waals surface area contributed by atoms with Gasteiger partial charge in [-0.3, -0.25) is 9.36 Å². The van der Waals surface area contributed by atoms with E-state index >= 15 is 0 Å². The molecule has 1 fully saturated rings. The molecule has 8 nitrogen and oxygen atoms in total. The van der Waals surface area contributed by atoms with Crippen LogP contribution in [0.4, 0.5) is 5.82 Å². The van der Waals surface area contributed by atoms with Crippen molar-refractivity contribution in [3.05, 3.63) is 52.8 Å². The van der Waals surface area contributed by atoms with Gasteiger partial charge in [-0.2, -0.15) is 0 Å². The van der Waals surface area contributed by atoms with Crippen LogP contribution in [0.15, 0.2) is 41.6 Å². The van der Waals surface area contributed by atoms with Crippen LogP contribution in [0, 0.1) is 0 Å². The number of nitrogens with one attached hydrogen (secondary N) is 1. The predicted octanol–water partition coefficient (Wildman–Crippen LogP) is -0.209. The van der Waals surface area contributed by atoms with Crippen molar-refractivity contribution in [2.75, 3.05) is 31.2 Å². The first-order valence-electron chi connectivity index (χ1n) is 7.78. The highest BCUT2D eigenvalue weighted by molar-refractivity contribution is 5.75. The summed E-state index contributed by atoms with van der Waals surface area (Å²) in [6.45, 7) is 3.42. The Morgan fingerprint density at radius 1 is 1.25 bits per heavy atom. The zero-order chi connectivity index (χ0) is 16.8. The predicted molar refractivity (Wildman–Crippen MR) is 87.6 cm³/mol. The molecule has 0 aromatic carbocycles. The fraction of sp³-hybridized carbons (Fsp3) is 0.375. The van der Waals surface area contributed by atoms with Crippen molar-refractivity contribution in [3.63, 3.8) is 0 Å². The summed E-state index contributed by atoms with van der Waals surface area (Å²) in [5, 5.41) is 2.77. The second-order valence-corrected chi connectivity index (χ2v) is 5.43. The minimum absolute atomic E-state index is 0.0496. The highest BCUT2D eigenvalue weighted by atomic mass is 16.5. The molecule has 2 aromatic heterocycles. The number of carbonyl (C=O) groups is 1. The summed E-state index contributed by atoms with van der Waals surface area (Å²) in [6.07, 6.45) is 4.69. The highest BCUT2D eigenvalue weighted by Gasteiger charge is 2.12. The first kappa shape index (κ1) is 16.1. The lowest BCUT2D eigenvalue weighted by Gasteiger charge is -2.27. The van der Waals surface area contributed by atoms with E-state index in [9.17, 15) is 9.59 Å². The van der Waals surface area contributed by atoms with E-state index in [2.05, 4.69) is 20.2 Å². The average Bonchev–Trinajstić information content (AvgIpc) is 2.63. The molecule has 0 saturated carbocycles. The third-order valence-corrected chi connectivity index (χ3v) is 3.73. The van der Waals surface area contributed by atoms with E-state index in [1.54, 1.807) is 12.3 Å².